The number of carbonyl (C=O) groups excluding carboxylic acids is 1. The van der Waals surface area contributed by atoms with E-state index in [4.69, 9.17) is 9.47 Å². The third-order valence-corrected chi connectivity index (χ3v) is 4.44. The molecule has 0 aromatic heterocycles. The molecule has 0 radical (unpaired) electrons. The van der Waals surface area contributed by atoms with E-state index in [-0.39, 0.29) is 12.5 Å². The molecule has 0 spiro atoms. The number of nitrogens with zero attached hydrogens (tertiary/aromatic N) is 2. The van der Waals surface area contributed by atoms with Crippen molar-refractivity contribution >= 4 is 15.9 Å². The summed E-state index contributed by atoms with van der Waals surface area (Å²) in [5.74, 6) is -0.320. The number of carbonyl (C=O) groups is 1. The predicted octanol–water partition coefficient (Wildman–Crippen LogP) is -1.66. The molecule has 9 heteroatoms. The lowest BCUT2D eigenvalue weighted by atomic mass is 10.4. The molecule has 0 saturated carbocycles. The summed E-state index contributed by atoms with van der Waals surface area (Å²) in [6.45, 7) is 4.42. The monoisotopic (exact) mass is 323 g/mol. The van der Waals surface area contributed by atoms with Crippen LogP contribution in [-0.4, -0.2) is 96.0 Å². The molecule has 0 bridgehead atoms. The van der Waals surface area contributed by atoms with Crippen molar-refractivity contribution in [3.63, 3.8) is 0 Å². The van der Waals surface area contributed by atoms with Crippen LogP contribution in [0.15, 0.2) is 0 Å². The van der Waals surface area contributed by atoms with E-state index in [1.54, 1.807) is 0 Å². The average molecular weight is 323 g/mol. The van der Waals surface area contributed by atoms with Crippen molar-refractivity contribution in [3.8, 4) is 0 Å². The summed E-state index contributed by atoms with van der Waals surface area (Å²) in [6, 6.07) is 0. The second-order valence-corrected chi connectivity index (χ2v) is 6.88. The molecule has 21 heavy (non-hydrogen) atoms. The molecule has 1 rings (SSSR count). The summed E-state index contributed by atoms with van der Waals surface area (Å²) in [7, 11) is -1.87. The van der Waals surface area contributed by atoms with Crippen LogP contribution in [-0.2, 0) is 24.3 Å². The van der Waals surface area contributed by atoms with Crippen LogP contribution in [0.3, 0.4) is 0 Å². The van der Waals surface area contributed by atoms with Gasteiger partial charge < -0.3 is 14.8 Å². The van der Waals surface area contributed by atoms with E-state index >= 15 is 0 Å². The quantitative estimate of drug-likeness (QED) is 0.511. The van der Waals surface area contributed by atoms with Gasteiger partial charge in [-0.2, -0.15) is 4.31 Å². The van der Waals surface area contributed by atoms with Crippen molar-refractivity contribution in [2.75, 3.05) is 72.5 Å². The van der Waals surface area contributed by atoms with E-state index in [2.05, 4.69) is 10.2 Å². The minimum Gasteiger partial charge on any atom is -0.383 e. The van der Waals surface area contributed by atoms with Gasteiger partial charge >= 0.3 is 0 Å². The predicted molar refractivity (Wildman–Crippen MR) is 78.6 cm³/mol. The summed E-state index contributed by atoms with van der Waals surface area (Å²) in [5.41, 5.74) is 0. The van der Waals surface area contributed by atoms with Gasteiger partial charge in [0, 0.05) is 39.8 Å². The van der Waals surface area contributed by atoms with Gasteiger partial charge in [0.1, 0.15) is 0 Å². The molecule has 0 unspecified atom stereocenters. The Kier molecular flexibility index (Phi) is 8.12. The Hall–Kier alpha value is -0.740. The Morgan fingerprint density at radius 2 is 2.05 bits per heavy atom. The van der Waals surface area contributed by atoms with E-state index in [1.165, 1.54) is 11.4 Å². The number of ether oxygens (including phenoxy) is 2. The SMILES string of the molecule is COCCNC(=O)CN(CCN1CCOCC1)S(C)(=O)=O. The molecular formula is C12H25N3O5S. The largest absolute Gasteiger partial charge is 0.383 e. The molecule has 1 aliphatic rings. The van der Waals surface area contributed by atoms with Gasteiger partial charge in [-0.25, -0.2) is 8.42 Å². The number of nitrogens with one attached hydrogen (secondary N) is 1. The van der Waals surface area contributed by atoms with Gasteiger partial charge in [0.15, 0.2) is 0 Å². The van der Waals surface area contributed by atoms with Crippen LogP contribution in [0.1, 0.15) is 0 Å². The molecule has 1 N–H and O–H groups in total. The van der Waals surface area contributed by atoms with Crippen LogP contribution in [0.25, 0.3) is 0 Å². The Labute approximate surface area is 126 Å². The zero-order valence-electron chi connectivity index (χ0n) is 12.7. The van der Waals surface area contributed by atoms with Crippen molar-refractivity contribution in [2.24, 2.45) is 0 Å². The molecule has 1 aliphatic heterocycles. The fourth-order valence-electron chi connectivity index (χ4n) is 1.95. The zero-order chi connectivity index (χ0) is 15.7. The number of methoxy groups -OCH3 is 1. The van der Waals surface area contributed by atoms with E-state index in [0.717, 1.165) is 19.3 Å². The first kappa shape index (κ1) is 18.3. The topological polar surface area (TPSA) is 88.2 Å². The first-order valence-electron chi connectivity index (χ1n) is 6.94. The fourth-order valence-corrected chi connectivity index (χ4v) is 2.71. The maximum absolute atomic E-state index is 11.7. The van der Waals surface area contributed by atoms with Crippen LogP contribution in [0.4, 0.5) is 0 Å². The van der Waals surface area contributed by atoms with Crippen LogP contribution < -0.4 is 5.32 Å². The van der Waals surface area contributed by atoms with Crippen LogP contribution in [0.5, 0.6) is 0 Å². The Bertz CT molecular complexity index is 409. The van der Waals surface area contributed by atoms with E-state index in [9.17, 15) is 13.2 Å². The third kappa shape index (κ3) is 7.72. The van der Waals surface area contributed by atoms with Crippen molar-refractivity contribution in [2.45, 2.75) is 0 Å². The summed E-state index contributed by atoms with van der Waals surface area (Å²) in [5, 5.41) is 2.62. The van der Waals surface area contributed by atoms with Gasteiger partial charge in [-0.05, 0) is 0 Å². The van der Waals surface area contributed by atoms with Gasteiger partial charge in [-0.15, -0.1) is 0 Å². The highest BCUT2D eigenvalue weighted by molar-refractivity contribution is 7.88. The second-order valence-electron chi connectivity index (χ2n) is 4.89. The van der Waals surface area contributed by atoms with Gasteiger partial charge in [-0.1, -0.05) is 0 Å². The second kappa shape index (κ2) is 9.31. The molecule has 8 nitrogen and oxygen atoms in total. The Balaban J connectivity index is 2.42. The molecule has 0 aliphatic carbocycles. The summed E-state index contributed by atoms with van der Waals surface area (Å²) >= 11 is 0. The van der Waals surface area contributed by atoms with Crippen molar-refractivity contribution in [1.29, 1.82) is 0 Å². The van der Waals surface area contributed by atoms with E-state index in [1.807, 2.05) is 0 Å². The number of amides is 1. The lowest BCUT2D eigenvalue weighted by Crippen LogP contribution is -2.46. The molecule has 1 saturated heterocycles. The maximum Gasteiger partial charge on any atom is 0.235 e. The summed E-state index contributed by atoms with van der Waals surface area (Å²) in [6.07, 6.45) is 1.12. The van der Waals surface area contributed by atoms with Crippen LogP contribution >= 0.6 is 0 Å². The van der Waals surface area contributed by atoms with Crippen molar-refractivity contribution in [1.82, 2.24) is 14.5 Å². The average Bonchev–Trinajstić information content (AvgIpc) is 2.43. The minimum atomic E-state index is -3.41. The minimum absolute atomic E-state index is 0.160. The van der Waals surface area contributed by atoms with Gasteiger partial charge in [-0.3, -0.25) is 9.69 Å². The first-order valence-corrected chi connectivity index (χ1v) is 8.79. The summed E-state index contributed by atoms with van der Waals surface area (Å²) < 4.78 is 34.8. The number of hydrogen-bond donors (Lipinski definition) is 1. The Morgan fingerprint density at radius 3 is 2.62 bits per heavy atom. The van der Waals surface area contributed by atoms with E-state index < -0.39 is 10.0 Å². The molecule has 0 atom stereocenters. The number of hydrogen-bond acceptors (Lipinski definition) is 6. The molecule has 1 heterocycles. The number of rotatable bonds is 9. The Morgan fingerprint density at radius 1 is 1.38 bits per heavy atom. The lowest BCUT2D eigenvalue weighted by molar-refractivity contribution is -0.121. The molecule has 124 valence electrons. The van der Waals surface area contributed by atoms with Gasteiger partial charge in [0.25, 0.3) is 0 Å². The summed E-state index contributed by atoms with van der Waals surface area (Å²) in [4.78, 5) is 13.8. The van der Waals surface area contributed by atoms with E-state index in [0.29, 0.717) is 39.5 Å². The fraction of sp³-hybridized carbons (Fsp3) is 0.917. The normalized spacial score (nSPS) is 17.1. The highest BCUT2D eigenvalue weighted by Crippen LogP contribution is 2.01. The maximum atomic E-state index is 11.7. The zero-order valence-corrected chi connectivity index (χ0v) is 13.5. The molecule has 0 aromatic rings. The highest BCUT2D eigenvalue weighted by atomic mass is 32.2. The van der Waals surface area contributed by atoms with Crippen molar-refractivity contribution < 1.29 is 22.7 Å². The molecular weight excluding hydrogens is 298 g/mol. The lowest BCUT2D eigenvalue weighted by Gasteiger charge is -2.29. The smallest absolute Gasteiger partial charge is 0.235 e. The highest BCUT2D eigenvalue weighted by Gasteiger charge is 2.21. The molecule has 0 aromatic carbocycles. The van der Waals surface area contributed by atoms with Crippen LogP contribution in [0, 0.1) is 0 Å². The van der Waals surface area contributed by atoms with Crippen LogP contribution in [0.2, 0.25) is 0 Å². The van der Waals surface area contributed by atoms with Crippen molar-refractivity contribution in [3.05, 3.63) is 0 Å². The third-order valence-electron chi connectivity index (χ3n) is 3.19. The van der Waals surface area contributed by atoms with Gasteiger partial charge in [0.05, 0.1) is 32.6 Å². The molecule has 1 fully saturated rings. The number of sulfonamides is 1. The standard InChI is InChI=1S/C12H25N3O5S/c1-19-8-3-13-12(16)11-15(21(2,17)18)5-4-14-6-9-20-10-7-14/h3-11H2,1-2H3,(H,13,16). The van der Waals surface area contributed by atoms with Gasteiger partial charge in [0.2, 0.25) is 15.9 Å². The molecule has 1 amide bonds. The number of morpholine rings is 1. The first-order chi connectivity index (χ1) is 9.93.